The summed E-state index contributed by atoms with van der Waals surface area (Å²) in [6.45, 7) is 1.72. The molecular weight excluding hydrogens is 184 g/mol. The Morgan fingerprint density at radius 3 is 2.93 bits per heavy atom. The molecule has 1 aromatic heterocycles. The lowest BCUT2D eigenvalue weighted by Gasteiger charge is -2.13. The van der Waals surface area contributed by atoms with Crippen LogP contribution in [0.3, 0.4) is 0 Å². The van der Waals surface area contributed by atoms with Gasteiger partial charge in [0.15, 0.2) is 5.82 Å². The van der Waals surface area contributed by atoms with Gasteiger partial charge in [0.05, 0.1) is 6.61 Å². The van der Waals surface area contributed by atoms with Crippen molar-refractivity contribution in [2.45, 2.75) is 12.6 Å². The minimum atomic E-state index is -0.200. The maximum atomic E-state index is 5.53. The van der Waals surface area contributed by atoms with Crippen LogP contribution in [-0.4, -0.2) is 42.1 Å². The highest BCUT2D eigenvalue weighted by molar-refractivity contribution is 4.92. The first-order valence-electron chi connectivity index (χ1n) is 4.43. The van der Waals surface area contributed by atoms with Crippen LogP contribution < -0.4 is 5.73 Å². The van der Waals surface area contributed by atoms with Crippen molar-refractivity contribution in [3.63, 3.8) is 0 Å². The quantitative estimate of drug-likeness (QED) is 0.674. The number of aromatic nitrogens is 3. The number of rotatable bonds is 6. The number of hydrogen-bond donors (Lipinski definition) is 1. The topological polar surface area (TPSA) is 75.2 Å². The van der Waals surface area contributed by atoms with Gasteiger partial charge in [0.1, 0.15) is 12.4 Å². The van der Waals surface area contributed by atoms with Crippen molar-refractivity contribution in [2.24, 2.45) is 5.73 Å². The summed E-state index contributed by atoms with van der Waals surface area (Å²) in [5.41, 5.74) is 5.53. The highest BCUT2D eigenvalue weighted by Crippen LogP contribution is 2.11. The molecule has 1 unspecified atom stereocenters. The third-order valence-electron chi connectivity index (χ3n) is 1.97. The average Bonchev–Trinajstić information content (AvgIpc) is 2.65. The fourth-order valence-electron chi connectivity index (χ4n) is 1.18. The number of hydrogen-bond acceptors (Lipinski definition) is 5. The molecule has 14 heavy (non-hydrogen) atoms. The van der Waals surface area contributed by atoms with Gasteiger partial charge in [-0.2, -0.15) is 0 Å². The molecule has 1 aromatic rings. The Labute approximate surface area is 83.0 Å². The smallest absolute Gasteiger partial charge is 0.163 e. The average molecular weight is 200 g/mol. The van der Waals surface area contributed by atoms with Gasteiger partial charge in [0, 0.05) is 27.3 Å². The third kappa shape index (κ3) is 2.50. The van der Waals surface area contributed by atoms with Crippen molar-refractivity contribution in [2.75, 3.05) is 27.4 Å². The molecule has 0 radical (unpaired) electrons. The summed E-state index contributed by atoms with van der Waals surface area (Å²) in [5.74, 6) is 0.743. The molecule has 0 aliphatic rings. The monoisotopic (exact) mass is 200 g/mol. The van der Waals surface area contributed by atoms with E-state index in [1.807, 2.05) is 4.57 Å². The Morgan fingerprint density at radius 1 is 1.57 bits per heavy atom. The standard InChI is InChI=1S/C8H16N4O2/c1-13-4-3-12-6-10-11-8(12)7(5-9)14-2/h6-7H,3-5,9H2,1-2H3. The number of methoxy groups -OCH3 is 2. The lowest BCUT2D eigenvalue weighted by molar-refractivity contribution is 0.0970. The largest absolute Gasteiger partial charge is 0.383 e. The summed E-state index contributed by atoms with van der Waals surface area (Å²) in [6.07, 6.45) is 1.45. The number of nitrogens with two attached hydrogens (primary N) is 1. The Morgan fingerprint density at radius 2 is 2.36 bits per heavy atom. The molecule has 0 fully saturated rings. The van der Waals surface area contributed by atoms with Crippen LogP contribution in [0.4, 0.5) is 0 Å². The van der Waals surface area contributed by atoms with Gasteiger partial charge in [-0.1, -0.05) is 0 Å². The van der Waals surface area contributed by atoms with Crippen LogP contribution in [0.2, 0.25) is 0 Å². The van der Waals surface area contributed by atoms with Crippen LogP contribution in [0.1, 0.15) is 11.9 Å². The first-order chi connectivity index (χ1) is 6.83. The lowest BCUT2D eigenvalue weighted by Crippen LogP contribution is -2.19. The van der Waals surface area contributed by atoms with E-state index in [4.69, 9.17) is 15.2 Å². The number of ether oxygens (including phenoxy) is 2. The van der Waals surface area contributed by atoms with E-state index in [0.717, 1.165) is 5.82 Å². The zero-order valence-electron chi connectivity index (χ0n) is 8.51. The van der Waals surface area contributed by atoms with E-state index < -0.39 is 0 Å². The fraction of sp³-hybridized carbons (Fsp3) is 0.750. The Balaban J connectivity index is 2.69. The van der Waals surface area contributed by atoms with Crippen molar-refractivity contribution in [3.05, 3.63) is 12.2 Å². The molecule has 1 atom stereocenters. The van der Waals surface area contributed by atoms with Crippen molar-refractivity contribution >= 4 is 0 Å². The molecular formula is C8H16N4O2. The van der Waals surface area contributed by atoms with Gasteiger partial charge in [-0.15, -0.1) is 10.2 Å². The Kier molecular flexibility index (Phi) is 4.51. The summed E-state index contributed by atoms with van der Waals surface area (Å²) < 4.78 is 12.0. The van der Waals surface area contributed by atoms with Gasteiger partial charge < -0.3 is 19.8 Å². The molecule has 1 rings (SSSR count). The van der Waals surface area contributed by atoms with E-state index >= 15 is 0 Å². The van der Waals surface area contributed by atoms with Gasteiger partial charge in [-0.05, 0) is 0 Å². The van der Waals surface area contributed by atoms with Gasteiger partial charge in [-0.25, -0.2) is 0 Å². The summed E-state index contributed by atoms with van der Waals surface area (Å²) in [4.78, 5) is 0. The predicted octanol–water partition coefficient (Wildman–Crippen LogP) is -0.429. The molecule has 80 valence electrons. The van der Waals surface area contributed by atoms with E-state index in [0.29, 0.717) is 19.7 Å². The van der Waals surface area contributed by atoms with E-state index in [2.05, 4.69) is 10.2 Å². The summed E-state index contributed by atoms with van der Waals surface area (Å²) in [6, 6.07) is 0. The van der Waals surface area contributed by atoms with Crippen molar-refractivity contribution in [1.29, 1.82) is 0 Å². The second kappa shape index (κ2) is 5.69. The molecule has 2 N–H and O–H groups in total. The van der Waals surface area contributed by atoms with Crippen molar-refractivity contribution < 1.29 is 9.47 Å². The summed E-state index contributed by atoms with van der Waals surface area (Å²) >= 11 is 0. The molecule has 6 heteroatoms. The third-order valence-corrected chi connectivity index (χ3v) is 1.97. The zero-order valence-corrected chi connectivity index (χ0v) is 8.51. The van der Waals surface area contributed by atoms with Crippen LogP contribution in [0, 0.1) is 0 Å². The van der Waals surface area contributed by atoms with Crippen LogP contribution in [0.25, 0.3) is 0 Å². The maximum Gasteiger partial charge on any atom is 0.163 e. The SMILES string of the molecule is COCCn1cnnc1C(CN)OC. The minimum absolute atomic E-state index is 0.200. The van der Waals surface area contributed by atoms with Gasteiger partial charge in [0.2, 0.25) is 0 Å². The molecule has 0 aliphatic heterocycles. The molecule has 0 saturated heterocycles. The molecule has 0 aromatic carbocycles. The molecule has 0 spiro atoms. The minimum Gasteiger partial charge on any atom is -0.383 e. The molecule has 0 bridgehead atoms. The van der Waals surface area contributed by atoms with Crippen LogP contribution in [0.15, 0.2) is 6.33 Å². The van der Waals surface area contributed by atoms with E-state index in [9.17, 15) is 0 Å². The number of nitrogens with zero attached hydrogens (tertiary/aromatic N) is 3. The first-order valence-corrected chi connectivity index (χ1v) is 4.43. The van der Waals surface area contributed by atoms with Gasteiger partial charge in [0.25, 0.3) is 0 Å². The van der Waals surface area contributed by atoms with Crippen LogP contribution >= 0.6 is 0 Å². The van der Waals surface area contributed by atoms with E-state index in [1.54, 1.807) is 20.5 Å². The summed E-state index contributed by atoms with van der Waals surface area (Å²) in [7, 11) is 3.26. The second-order valence-corrected chi connectivity index (χ2v) is 2.84. The van der Waals surface area contributed by atoms with E-state index in [-0.39, 0.29) is 6.10 Å². The highest BCUT2D eigenvalue weighted by Gasteiger charge is 2.15. The highest BCUT2D eigenvalue weighted by atomic mass is 16.5. The fourth-order valence-corrected chi connectivity index (χ4v) is 1.18. The second-order valence-electron chi connectivity index (χ2n) is 2.84. The molecule has 0 amide bonds. The Bertz CT molecular complexity index is 260. The first kappa shape index (κ1) is 11.1. The van der Waals surface area contributed by atoms with E-state index in [1.165, 1.54) is 0 Å². The molecule has 0 aliphatic carbocycles. The van der Waals surface area contributed by atoms with Gasteiger partial charge >= 0.3 is 0 Å². The van der Waals surface area contributed by atoms with Crippen molar-refractivity contribution in [3.8, 4) is 0 Å². The maximum absolute atomic E-state index is 5.53. The Hall–Kier alpha value is -0.980. The molecule has 0 saturated carbocycles. The van der Waals surface area contributed by atoms with Gasteiger partial charge in [-0.3, -0.25) is 0 Å². The van der Waals surface area contributed by atoms with Crippen LogP contribution in [0.5, 0.6) is 0 Å². The molecule has 6 nitrogen and oxygen atoms in total. The normalized spacial score (nSPS) is 13.1. The summed E-state index contributed by atoms with van der Waals surface area (Å²) in [5, 5.41) is 7.78. The van der Waals surface area contributed by atoms with Crippen molar-refractivity contribution in [1.82, 2.24) is 14.8 Å². The molecule has 1 heterocycles. The lowest BCUT2D eigenvalue weighted by atomic mass is 10.3. The predicted molar refractivity (Wildman–Crippen MR) is 50.7 cm³/mol. The van der Waals surface area contributed by atoms with Crippen LogP contribution in [-0.2, 0) is 16.0 Å². The zero-order chi connectivity index (χ0) is 10.4.